The average Bonchev–Trinajstić information content (AvgIpc) is 2.92. The smallest absolute Gasteiger partial charge is 0.268 e. The number of carbonyl (C=O) groups excluding carboxylic acids is 2. The zero-order chi connectivity index (χ0) is 19.0. The zero-order valence-electron chi connectivity index (χ0n) is 14.0. The Morgan fingerprint density at radius 1 is 1.00 bits per heavy atom. The zero-order valence-corrected chi connectivity index (χ0v) is 16.4. The second-order valence-electron chi connectivity index (χ2n) is 6.12. The van der Waals surface area contributed by atoms with E-state index >= 15 is 0 Å². The van der Waals surface area contributed by atoms with Gasteiger partial charge in [0, 0.05) is 0 Å². The van der Waals surface area contributed by atoms with Crippen molar-refractivity contribution in [1.29, 1.82) is 0 Å². The monoisotopic (exact) mass is 441 g/mol. The summed E-state index contributed by atoms with van der Waals surface area (Å²) in [5, 5.41) is 1.87. The SMILES string of the molecule is O=C1S/C(=C\c2ccc(F)c(Br)c2)C(=O)N1Cc1ccc2ccccc2c1. The molecule has 3 aromatic carbocycles. The number of imide groups is 1. The van der Waals surface area contributed by atoms with Crippen molar-refractivity contribution < 1.29 is 14.0 Å². The maximum atomic E-state index is 13.4. The van der Waals surface area contributed by atoms with Crippen molar-refractivity contribution in [1.82, 2.24) is 4.90 Å². The molecule has 0 spiro atoms. The highest BCUT2D eigenvalue weighted by Gasteiger charge is 2.35. The van der Waals surface area contributed by atoms with Crippen molar-refractivity contribution in [3.05, 3.63) is 87.0 Å². The standard InChI is InChI=1S/C21H13BrFNO2S/c22-17-10-13(6-8-18(17)23)11-19-20(25)24(21(26)27-19)12-14-5-7-15-3-1-2-4-16(15)9-14/h1-11H,12H2/b19-11-. The molecular weight excluding hydrogens is 429 g/mol. The number of hydrogen-bond donors (Lipinski definition) is 0. The molecular formula is C21H13BrFNO2S. The highest BCUT2D eigenvalue weighted by atomic mass is 79.9. The van der Waals surface area contributed by atoms with Crippen molar-refractivity contribution in [2.75, 3.05) is 0 Å². The summed E-state index contributed by atoms with van der Waals surface area (Å²) in [6, 6.07) is 18.3. The van der Waals surface area contributed by atoms with Gasteiger partial charge in [0.15, 0.2) is 0 Å². The predicted octanol–water partition coefficient (Wildman–Crippen LogP) is 5.98. The normalized spacial score (nSPS) is 15.9. The van der Waals surface area contributed by atoms with Crippen LogP contribution >= 0.6 is 27.7 Å². The first-order valence-corrected chi connectivity index (χ1v) is 9.80. The van der Waals surface area contributed by atoms with Gasteiger partial charge in [-0.05, 0) is 73.9 Å². The van der Waals surface area contributed by atoms with Crippen LogP contribution in [0.3, 0.4) is 0 Å². The molecule has 3 nitrogen and oxygen atoms in total. The first-order chi connectivity index (χ1) is 13.0. The lowest BCUT2D eigenvalue weighted by molar-refractivity contribution is -0.123. The summed E-state index contributed by atoms with van der Waals surface area (Å²) in [5.74, 6) is -0.713. The molecule has 134 valence electrons. The lowest BCUT2D eigenvalue weighted by Gasteiger charge is -2.13. The van der Waals surface area contributed by atoms with E-state index in [-0.39, 0.29) is 23.5 Å². The molecule has 0 radical (unpaired) electrons. The van der Waals surface area contributed by atoms with Crippen molar-refractivity contribution in [2.45, 2.75) is 6.54 Å². The molecule has 1 aliphatic rings. The summed E-state index contributed by atoms with van der Waals surface area (Å²) < 4.78 is 13.7. The molecule has 0 bridgehead atoms. The minimum absolute atomic E-state index is 0.222. The highest BCUT2D eigenvalue weighted by Crippen LogP contribution is 2.34. The van der Waals surface area contributed by atoms with Crippen LogP contribution in [-0.4, -0.2) is 16.0 Å². The van der Waals surface area contributed by atoms with Crippen molar-refractivity contribution in [2.24, 2.45) is 0 Å². The minimum Gasteiger partial charge on any atom is -0.268 e. The van der Waals surface area contributed by atoms with Gasteiger partial charge in [-0.15, -0.1) is 0 Å². The topological polar surface area (TPSA) is 37.4 Å². The Bertz CT molecular complexity index is 1110. The van der Waals surface area contributed by atoms with Crippen LogP contribution in [0, 0.1) is 5.82 Å². The third-order valence-corrected chi connectivity index (χ3v) is 5.78. The summed E-state index contributed by atoms with van der Waals surface area (Å²) in [6.07, 6.45) is 1.61. The van der Waals surface area contributed by atoms with Gasteiger partial charge in [0.2, 0.25) is 0 Å². The molecule has 0 aliphatic carbocycles. The van der Waals surface area contributed by atoms with Crippen LogP contribution in [-0.2, 0) is 11.3 Å². The number of nitrogens with zero attached hydrogens (tertiary/aromatic N) is 1. The van der Waals surface area contributed by atoms with Gasteiger partial charge in [0.1, 0.15) is 5.82 Å². The summed E-state index contributed by atoms with van der Waals surface area (Å²) in [6.45, 7) is 0.222. The highest BCUT2D eigenvalue weighted by molar-refractivity contribution is 9.10. The van der Waals surface area contributed by atoms with Gasteiger partial charge in [-0.1, -0.05) is 42.5 Å². The predicted molar refractivity (Wildman–Crippen MR) is 110 cm³/mol. The van der Waals surface area contributed by atoms with Gasteiger partial charge >= 0.3 is 0 Å². The van der Waals surface area contributed by atoms with E-state index in [1.807, 2.05) is 42.5 Å². The molecule has 1 saturated heterocycles. The number of thioether (sulfide) groups is 1. The Kier molecular flexibility index (Phi) is 4.85. The van der Waals surface area contributed by atoms with Crippen molar-refractivity contribution in [3.8, 4) is 0 Å². The molecule has 1 heterocycles. The van der Waals surface area contributed by atoms with Gasteiger partial charge in [-0.3, -0.25) is 14.5 Å². The number of rotatable bonds is 3. The van der Waals surface area contributed by atoms with Gasteiger partial charge in [0.05, 0.1) is 15.9 Å². The first-order valence-electron chi connectivity index (χ1n) is 8.19. The second-order valence-corrected chi connectivity index (χ2v) is 7.97. The maximum Gasteiger partial charge on any atom is 0.293 e. The fourth-order valence-corrected chi connectivity index (χ4v) is 4.14. The van der Waals surface area contributed by atoms with E-state index < -0.39 is 0 Å². The van der Waals surface area contributed by atoms with Crippen LogP contribution in [0.4, 0.5) is 9.18 Å². The van der Waals surface area contributed by atoms with Gasteiger partial charge in [-0.2, -0.15) is 0 Å². The Hall–Kier alpha value is -2.44. The Morgan fingerprint density at radius 2 is 1.78 bits per heavy atom. The number of amides is 2. The molecule has 3 aromatic rings. The molecule has 0 aromatic heterocycles. The average molecular weight is 442 g/mol. The molecule has 6 heteroatoms. The number of halogens is 2. The molecule has 2 amide bonds. The fraction of sp³-hybridized carbons (Fsp3) is 0.0476. The number of hydrogen-bond acceptors (Lipinski definition) is 3. The van der Waals surface area contributed by atoms with Crippen LogP contribution in [0.25, 0.3) is 16.8 Å². The van der Waals surface area contributed by atoms with Crippen LogP contribution in [0.5, 0.6) is 0 Å². The molecule has 0 atom stereocenters. The van der Waals surface area contributed by atoms with Crippen molar-refractivity contribution in [3.63, 3.8) is 0 Å². The second kappa shape index (κ2) is 7.29. The molecule has 4 rings (SSSR count). The van der Waals surface area contributed by atoms with Crippen LogP contribution in [0.15, 0.2) is 70.0 Å². The quantitative estimate of drug-likeness (QED) is 0.469. The van der Waals surface area contributed by atoms with Crippen LogP contribution in [0.2, 0.25) is 0 Å². The lowest BCUT2D eigenvalue weighted by Crippen LogP contribution is -2.27. The third kappa shape index (κ3) is 3.68. The van der Waals surface area contributed by atoms with E-state index in [9.17, 15) is 14.0 Å². The fourth-order valence-electron chi connectivity index (χ4n) is 2.91. The molecule has 1 aliphatic heterocycles. The summed E-state index contributed by atoms with van der Waals surface area (Å²) in [4.78, 5) is 26.6. The number of benzene rings is 3. The molecule has 1 fully saturated rings. The van der Waals surface area contributed by atoms with Crippen molar-refractivity contribution >= 4 is 55.7 Å². The van der Waals surface area contributed by atoms with E-state index in [2.05, 4.69) is 15.9 Å². The first kappa shape index (κ1) is 17.9. The Balaban J connectivity index is 1.58. The molecule has 27 heavy (non-hydrogen) atoms. The van der Waals surface area contributed by atoms with E-state index in [0.717, 1.165) is 28.1 Å². The van der Waals surface area contributed by atoms with Gasteiger partial charge < -0.3 is 0 Å². The lowest BCUT2D eigenvalue weighted by atomic mass is 10.1. The Morgan fingerprint density at radius 3 is 2.56 bits per heavy atom. The summed E-state index contributed by atoms with van der Waals surface area (Å²) in [7, 11) is 0. The number of fused-ring (bicyclic) bond motifs is 1. The van der Waals surface area contributed by atoms with E-state index in [0.29, 0.717) is 14.9 Å². The summed E-state index contributed by atoms with van der Waals surface area (Å²) in [5.41, 5.74) is 1.54. The number of carbonyl (C=O) groups is 2. The molecule has 0 saturated carbocycles. The van der Waals surface area contributed by atoms with E-state index in [1.165, 1.54) is 11.0 Å². The summed E-state index contributed by atoms with van der Waals surface area (Å²) >= 11 is 4.02. The molecule has 0 unspecified atom stereocenters. The van der Waals surface area contributed by atoms with Crippen LogP contribution < -0.4 is 0 Å². The minimum atomic E-state index is -0.378. The third-order valence-electron chi connectivity index (χ3n) is 4.27. The van der Waals surface area contributed by atoms with Gasteiger partial charge in [0.25, 0.3) is 11.1 Å². The maximum absolute atomic E-state index is 13.4. The van der Waals surface area contributed by atoms with Gasteiger partial charge in [-0.25, -0.2) is 4.39 Å². The molecule has 0 N–H and O–H groups in total. The largest absolute Gasteiger partial charge is 0.293 e. The van der Waals surface area contributed by atoms with E-state index in [4.69, 9.17) is 0 Å². The van der Waals surface area contributed by atoms with Crippen LogP contribution in [0.1, 0.15) is 11.1 Å². The Labute approximate surface area is 168 Å². The van der Waals surface area contributed by atoms with E-state index in [1.54, 1.807) is 18.2 Å².